The van der Waals surface area contributed by atoms with Crippen LogP contribution in [0.2, 0.25) is 0 Å². The van der Waals surface area contributed by atoms with E-state index < -0.39 is 12.2 Å². The van der Waals surface area contributed by atoms with Crippen molar-refractivity contribution < 1.29 is 23.9 Å². The van der Waals surface area contributed by atoms with Gasteiger partial charge in [0, 0.05) is 25.9 Å². The van der Waals surface area contributed by atoms with Gasteiger partial charge in [-0.2, -0.15) is 5.01 Å². The van der Waals surface area contributed by atoms with E-state index in [1.807, 2.05) is 65.6 Å². The molecule has 4 amide bonds. The first-order valence-electron chi connectivity index (χ1n) is 16.3. The quantitative estimate of drug-likeness (QED) is 0.255. The molecule has 10 nitrogen and oxygen atoms in total. The normalized spacial score (nSPS) is 18.8. The Balaban J connectivity index is 1.19. The lowest BCUT2D eigenvalue weighted by Gasteiger charge is -2.46. The number of amides is 4. The molecule has 2 fully saturated rings. The van der Waals surface area contributed by atoms with Crippen LogP contribution in [0.3, 0.4) is 0 Å². The number of ether oxygens (including phenoxy) is 2. The Kier molecular flexibility index (Phi) is 8.73. The number of hydrogen-bond acceptors (Lipinski definition) is 6. The van der Waals surface area contributed by atoms with Crippen molar-refractivity contribution in [2.75, 3.05) is 33.4 Å². The standard InChI is InChI=1S/C38H39N5O5/c1-3-18-41(38(46)39-22-26-11-14-31(47-2)15-12-26)42-25-36(44)43-33(21-27-13-16-34-29(20-27)17-19-48-34)37(45)40(24-35(42)43)23-30-9-6-8-28-7-4-5-10-32(28)30/h3-16,20,33,35H,1,17-19,21-25H2,2H3,(H,39,46)/t33-,35+/m0/s1. The zero-order valence-electron chi connectivity index (χ0n) is 27.0. The summed E-state index contributed by atoms with van der Waals surface area (Å²) in [7, 11) is 1.61. The van der Waals surface area contributed by atoms with Crippen LogP contribution < -0.4 is 14.8 Å². The molecule has 4 aromatic rings. The number of rotatable bonds is 10. The summed E-state index contributed by atoms with van der Waals surface area (Å²) in [4.78, 5) is 45.5. The zero-order chi connectivity index (χ0) is 33.2. The number of urea groups is 1. The second-order valence-corrected chi connectivity index (χ2v) is 12.4. The summed E-state index contributed by atoms with van der Waals surface area (Å²) in [5, 5.41) is 8.50. The molecule has 0 unspecified atom stereocenters. The van der Waals surface area contributed by atoms with E-state index in [0.29, 0.717) is 26.1 Å². The topological polar surface area (TPSA) is 94.7 Å². The van der Waals surface area contributed by atoms with Gasteiger partial charge in [-0.3, -0.25) is 14.6 Å². The van der Waals surface area contributed by atoms with Crippen molar-refractivity contribution in [3.8, 4) is 11.5 Å². The van der Waals surface area contributed by atoms with Crippen LogP contribution in [0.15, 0.2) is 97.6 Å². The number of hydrogen-bond donors (Lipinski definition) is 1. The fourth-order valence-electron chi connectivity index (χ4n) is 7.06. The van der Waals surface area contributed by atoms with Crippen LogP contribution in [0.4, 0.5) is 4.79 Å². The van der Waals surface area contributed by atoms with Gasteiger partial charge >= 0.3 is 6.03 Å². The van der Waals surface area contributed by atoms with Crippen molar-refractivity contribution in [3.63, 3.8) is 0 Å². The second kappa shape index (κ2) is 13.4. The minimum Gasteiger partial charge on any atom is -0.497 e. The second-order valence-electron chi connectivity index (χ2n) is 12.4. The van der Waals surface area contributed by atoms with Crippen LogP contribution in [0.25, 0.3) is 10.8 Å². The van der Waals surface area contributed by atoms with Gasteiger partial charge in [0.2, 0.25) is 11.8 Å². The molecule has 0 spiro atoms. The molecule has 4 aromatic carbocycles. The summed E-state index contributed by atoms with van der Waals surface area (Å²) in [5.74, 6) is 1.31. The van der Waals surface area contributed by atoms with Gasteiger partial charge in [-0.1, -0.05) is 72.8 Å². The maximum absolute atomic E-state index is 14.4. The highest BCUT2D eigenvalue weighted by Gasteiger charge is 2.52. The number of nitrogens with zero attached hydrogens (tertiary/aromatic N) is 4. The van der Waals surface area contributed by atoms with Crippen molar-refractivity contribution in [3.05, 3.63) is 120 Å². The van der Waals surface area contributed by atoms with E-state index in [9.17, 15) is 14.4 Å². The summed E-state index contributed by atoms with van der Waals surface area (Å²) >= 11 is 0. The maximum atomic E-state index is 14.4. The molecule has 0 aliphatic carbocycles. The van der Waals surface area contributed by atoms with Crippen molar-refractivity contribution in [1.29, 1.82) is 0 Å². The summed E-state index contributed by atoms with van der Waals surface area (Å²) < 4.78 is 11.0. The van der Waals surface area contributed by atoms with Gasteiger partial charge < -0.3 is 24.6 Å². The molecule has 0 aromatic heterocycles. The molecule has 3 aliphatic heterocycles. The smallest absolute Gasteiger partial charge is 0.332 e. The van der Waals surface area contributed by atoms with E-state index in [0.717, 1.165) is 50.9 Å². The van der Waals surface area contributed by atoms with Gasteiger partial charge in [0.1, 0.15) is 23.7 Å². The Labute approximate surface area is 280 Å². The molecular weight excluding hydrogens is 606 g/mol. The Morgan fingerprint density at radius 2 is 1.83 bits per heavy atom. The van der Waals surface area contributed by atoms with Crippen LogP contribution in [0, 0.1) is 0 Å². The lowest BCUT2D eigenvalue weighted by Crippen LogP contribution is -2.66. The van der Waals surface area contributed by atoms with Gasteiger partial charge in [0.25, 0.3) is 0 Å². The molecule has 10 heteroatoms. The molecule has 0 saturated carbocycles. The van der Waals surface area contributed by atoms with E-state index in [2.05, 4.69) is 36.2 Å². The van der Waals surface area contributed by atoms with Crippen molar-refractivity contribution in [2.45, 2.75) is 38.1 Å². The van der Waals surface area contributed by atoms with Gasteiger partial charge in [-0.25, -0.2) is 4.79 Å². The predicted octanol–water partition coefficient (Wildman–Crippen LogP) is 4.52. The number of carbonyl (C=O) groups excluding carboxylic acids is 3. The van der Waals surface area contributed by atoms with Gasteiger partial charge in [0.05, 0.1) is 33.4 Å². The first kappa shape index (κ1) is 31.3. The largest absolute Gasteiger partial charge is 0.497 e. The van der Waals surface area contributed by atoms with E-state index in [-0.39, 0.29) is 37.5 Å². The average molecular weight is 646 g/mol. The van der Waals surface area contributed by atoms with Gasteiger partial charge in [-0.15, -0.1) is 6.58 Å². The highest BCUT2D eigenvalue weighted by atomic mass is 16.5. The minimum absolute atomic E-state index is 0.0294. The molecule has 0 bridgehead atoms. The Morgan fingerprint density at radius 3 is 2.65 bits per heavy atom. The zero-order valence-corrected chi connectivity index (χ0v) is 27.0. The van der Waals surface area contributed by atoms with E-state index in [4.69, 9.17) is 9.47 Å². The van der Waals surface area contributed by atoms with E-state index in [1.54, 1.807) is 23.1 Å². The number of fused-ring (bicyclic) bond motifs is 3. The molecule has 0 radical (unpaired) electrons. The van der Waals surface area contributed by atoms with Crippen LogP contribution in [0.5, 0.6) is 11.5 Å². The number of hydrazine groups is 1. The highest BCUT2D eigenvalue weighted by Crippen LogP contribution is 2.33. The first-order chi connectivity index (χ1) is 23.4. The summed E-state index contributed by atoms with van der Waals surface area (Å²) in [6, 6.07) is 26.7. The van der Waals surface area contributed by atoms with Gasteiger partial charge in [0.15, 0.2) is 0 Å². The average Bonchev–Trinajstić information content (AvgIpc) is 3.71. The number of methoxy groups -OCH3 is 1. The third-order valence-corrected chi connectivity index (χ3v) is 9.44. The Bertz CT molecular complexity index is 1860. The van der Waals surface area contributed by atoms with E-state index in [1.165, 1.54) is 5.01 Å². The molecule has 246 valence electrons. The summed E-state index contributed by atoms with van der Waals surface area (Å²) in [6.07, 6.45) is 2.28. The van der Waals surface area contributed by atoms with Crippen molar-refractivity contribution in [1.82, 2.24) is 25.1 Å². The predicted molar refractivity (Wildman–Crippen MR) is 182 cm³/mol. The Morgan fingerprint density at radius 1 is 1.04 bits per heavy atom. The Hall–Kier alpha value is -5.35. The number of benzene rings is 4. The monoisotopic (exact) mass is 645 g/mol. The fraction of sp³-hybridized carbons (Fsp3) is 0.289. The SMILES string of the molecule is C=CCN(C(=O)NCc1ccc(OC)cc1)N1CC(=O)N2[C@@H](Cc3ccc4c(c3)CCO4)C(=O)N(Cc3cccc4ccccc34)C[C@@H]21. The third kappa shape index (κ3) is 6.06. The van der Waals surface area contributed by atoms with Crippen LogP contribution in [0.1, 0.15) is 22.3 Å². The van der Waals surface area contributed by atoms with Crippen molar-refractivity contribution >= 4 is 28.6 Å². The van der Waals surface area contributed by atoms with Crippen LogP contribution in [-0.2, 0) is 35.5 Å². The summed E-state index contributed by atoms with van der Waals surface area (Å²) in [5.41, 5.74) is 4.01. The number of piperazine rings is 1. The third-order valence-electron chi connectivity index (χ3n) is 9.44. The molecule has 2 atom stereocenters. The van der Waals surface area contributed by atoms with E-state index >= 15 is 0 Å². The molecular formula is C38H39N5O5. The maximum Gasteiger partial charge on any atom is 0.332 e. The first-order valence-corrected chi connectivity index (χ1v) is 16.3. The molecule has 1 N–H and O–H groups in total. The van der Waals surface area contributed by atoms with Gasteiger partial charge in [-0.05, 0) is 51.2 Å². The molecule has 2 saturated heterocycles. The number of nitrogens with one attached hydrogen (secondary N) is 1. The van der Waals surface area contributed by atoms with Crippen LogP contribution in [-0.4, -0.2) is 83.2 Å². The lowest BCUT2D eigenvalue weighted by molar-refractivity contribution is -0.157. The number of carbonyl (C=O) groups is 3. The molecule has 3 heterocycles. The highest BCUT2D eigenvalue weighted by molar-refractivity contribution is 5.92. The van der Waals surface area contributed by atoms with Crippen LogP contribution >= 0.6 is 0 Å². The molecule has 48 heavy (non-hydrogen) atoms. The molecule has 7 rings (SSSR count). The summed E-state index contributed by atoms with van der Waals surface area (Å²) in [6.45, 7) is 5.62. The lowest BCUT2D eigenvalue weighted by atomic mass is 9.97. The van der Waals surface area contributed by atoms with Crippen molar-refractivity contribution in [2.24, 2.45) is 0 Å². The minimum atomic E-state index is -0.732. The molecule has 3 aliphatic rings. The fourth-order valence-corrected chi connectivity index (χ4v) is 7.06.